The Morgan fingerprint density at radius 3 is 2.60 bits per heavy atom. The predicted octanol–water partition coefficient (Wildman–Crippen LogP) is 2.42. The van der Waals surface area contributed by atoms with Crippen LogP contribution in [0.15, 0.2) is 42.5 Å². The molecule has 0 spiro atoms. The molecule has 2 aliphatic heterocycles. The summed E-state index contributed by atoms with van der Waals surface area (Å²) in [6, 6.07) is 10.9. The number of carbonyl (C=O) groups is 4. The number of benzene rings is 2. The zero-order chi connectivity index (χ0) is 21.3. The van der Waals surface area contributed by atoms with Crippen molar-refractivity contribution < 1.29 is 19.2 Å². The molecule has 0 aliphatic carbocycles. The fourth-order valence-corrected chi connectivity index (χ4v) is 3.89. The minimum atomic E-state index is -0.682. The normalized spacial score (nSPS) is 18.5. The van der Waals surface area contributed by atoms with Crippen LogP contribution in [-0.2, 0) is 22.7 Å². The van der Waals surface area contributed by atoms with Gasteiger partial charge >= 0.3 is 6.03 Å². The Labute approximate surface area is 177 Å². The van der Waals surface area contributed by atoms with Gasteiger partial charge < -0.3 is 5.32 Å². The highest BCUT2D eigenvalue weighted by molar-refractivity contribution is 6.33. The molecule has 2 aromatic rings. The van der Waals surface area contributed by atoms with Gasteiger partial charge in [0.05, 0.1) is 16.8 Å². The number of halogens is 1. The van der Waals surface area contributed by atoms with Gasteiger partial charge in [0.1, 0.15) is 0 Å². The van der Waals surface area contributed by atoms with E-state index in [9.17, 15) is 19.2 Å². The average Bonchev–Trinajstić information content (AvgIpc) is 3.12. The molecule has 8 nitrogen and oxygen atoms in total. The molecule has 0 radical (unpaired) electrons. The Balaban J connectivity index is 1.40. The van der Waals surface area contributed by atoms with Gasteiger partial charge in [0.2, 0.25) is 11.8 Å². The summed E-state index contributed by atoms with van der Waals surface area (Å²) in [5.41, 5.74) is 2.67. The van der Waals surface area contributed by atoms with Gasteiger partial charge in [-0.3, -0.25) is 29.9 Å². The molecule has 2 aliphatic rings. The molecule has 4 rings (SSSR count). The molecule has 5 amide bonds. The molecule has 154 valence electrons. The number of hydrogen-bond donors (Lipinski definition) is 3. The summed E-state index contributed by atoms with van der Waals surface area (Å²) in [5.74, 6) is -1.07. The van der Waals surface area contributed by atoms with E-state index in [1.54, 1.807) is 36.4 Å². The van der Waals surface area contributed by atoms with Gasteiger partial charge in [0, 0.05) is 25.1 Å². The molecule has 1 saturated heterocycles. The van der Waals surface area contributed by atoms with E-state index >= 15 is 0 Å². The summed E-state index contributed by atoms with van der Waals surface area (Å²) in [6.07, 6.45) is 0.797. The predicted molar refractivity (Wildman–Crippen MR) is 110 cm³/mol. The van der Waals surface area contributed by atoms with E-state index in [0.717, 1.165) is 11.1 Å². The lowest BCUT2D eigenvalue weighted by Gasteiger charge is -2.29. The summed E-state index contributed by atoms with van der Waals surface area (Å²) in [5, 5.41) is 7.56. The van der Waals surface area contributed by atoms with Crippen molar-refractivity contribution >= 4 is 41.0 Å². The van der Waals surface area contributed by atoms with Crippen LogP contribution >= 0.6 is 11.6 Å². The third-order valence-electron chi connectivity index (χ3n) is 5.22. The van der Waals surface area contributed by atoms with Crippen LogP contribution in [0.5, 0.6) is 0 Å². The minimum absolute atomic E-state index is 0.248. The van der Waals surface area contributed by atoms with Crippen molar-refractivity contribution in [2.45, 2.75) is 32.0 Å². The molecule has 3 N–H and O–H groups in total. The monoisotopic (exact) mass is 426 g/mol. The smallest absolute Gasteiger partial charge is 0.306 e. The summed E-state index contributed by atoms with van der Waals surface area (Å²) in [6.45, 7) is 1.06. The lowest BCUT2D eigenvalue weighted by atomic mass is 10.0. The third kappa shape index (κ3) is 4.19. The van der Waals surface area contributed by atoms with Crippen molar-refractivity contribution in [3.05, 3.63) is 64.2 Å². The first-order valence-corrected chi connectivity index (χ1v) is 9.85. The molecule has 2 heterocycles. The number of nitrogens with one attached hydrogen (secondary N) is 3. The lowest BCUT2D eigenvalue weighted by Crippen LogP contribution is -2.50. The van der Waals surface area contributed by atoms with E-state index in [0.29, 0.717) is 42.2 Å². The molecular formula is C21H19ClN4O4. The molecule has 1 atom stereocenters. The molecule has 1 fully saturated rings. The van der Waals surface area contributed by atoms with Crippen molar-refractivity contribution in [2.24, 2.45) is 0 Å². The second kappa shape index (κ2) is 8.25. The zero-order valence-electron chi connectivity index (χ0n) is 15.9. The number of urea groups is 1. The van der Waals surface area contributed by atoms with Gasteiger partial charge in [-0.25, -0.2) is 4.79 Å². The van der Waals surface area contributed by atoms with E-state index in [1.807, 2.05) is 11.0 Å². The van der Waals surface area contributed by atoms with Crippen molar-refractivity contribution in [3.8, 4) is 0 Å². The Hall–Kier alpha value is -3.23. The maximum atomic E-state index is 12.5. The number of anilines is 1. The number of piperidine rings is 1. The summed E-state index contributed by atoms with van der Waals surface area (Å²) in [4.78, 5) is 50.1. The second-order valence-corrected chi connectivity index (χ2v) is 7.65. The van der Waals surface area contributed by atoms with Crippen LogP contribution in [0.1, 0.15) is 34.3 Å². The summed E-state index contributed by atoms with van der Waals surface area (Å²) < 4.78 is 0. The molecule has 2 aromatic carbocycles. The van der Waals surface area contributed by atoms with Crippen LogP contribution in [0, 0.1) is 0 Å². The highest BCUT2D eigenvalue weighted by atomic mass is 35.5. The molecule has 0 bridgehead atoms. The van der Waals surface area contributed by atoms with E-state index < -0.39 is 11.9 Å². The van der Waals surface area contributed by atoms with E-state index in [1.165, 1.54) is 0 Å². The molecule has 0 aromatic heterocycles. The fraction of sp³-hybridized carbons (Fsp3) is 0.238. The fourth-order valence-electron chi connectivity index (χ4n) is 3.70. The Bertz CT molecular complexity index is 1060. The standard InChI is InChI=1S/C21H19ClN4O4/c22-15-3-1-2-4-16(15)23-21(30)25-19(28)12-5-6-13-10-26(11-14(13)9-12)17-7-8-18(27)24-20(17)29/h1-6,9,17H,7-8,10-11H2,(H,24,27,29)(H2,23,25,28,30). The second-order valence-electron chi connectivity index (χ2n) is 7.24. The highest BCUT2D eigenvalue weighted by Gasteiger charge is 2.34. The molecule has 0 saturated carbocycles. The van der Waals surface area contributed by atoms with E-state index in [-0.39, 0.29) is 17.9 Å². The van der Waals surface area contributed by atoms with Crippen LogP contribution in [0.25, 0.3) is 0 Å². The number of nitrogens with zero attached hydrogens (tertiary/aromatic N) is 1. The number of imide groups is 2. The molecule has 30 heavy (non-hydrogen) atoms. The van der Waals surface area contributed by atoms with Gasteiger partial charge in [-0.05, 0) is 41.8 Å². The molecule has 1 unspecified atom stereocenters. The van der Waals surface area contributed by atoms with Gasteiger partial charge in [-0.2, -0.15) is 0 Å². The first-order valence-electron chi connectivity index (χ1n) is 9.47. The maximum Gasteiger partial charge on any atom is 0.326 e. The Kier molecular flexibility index (Phi) is 5.52. The van der Waals surface area contributed by atoms with Crippen LogP contribution < -0.4 is 16.0 Å². The quantitative estimate of drug-likeness (QED) is 0.653. The number of hydrogen-bond acceptors (Lipinski definition) is 5. The molecular weight excluding hydrogens is 408 g/mol. The summed E-state index contributed by atoms with van der Waals surface area (Å²) >= 11 is 6.00. The van der Waals surface area contributed by atoms with Crippen LogP contribution in [0.4, 0.5) is 10.5 Å². The van der Waals surface area contributed by atoms with Crippen LogP contribution in [-0.4, -0.2) is 34.7 Å². The van der Waals surface area contributed by atoms with Gasteiger partial charge in [0.25, 0.3) is 5.91 Å². The highest BCUT2D eigenvalue weighted by Crippen LogP contribution is 2.28. The first kappa shape index (κ1) is 20.1. The third-order valence-corrected chi connectivity index (χ3v) is 5.54. The zero-order valence-corrected chi connectivity index (χ0v) is 16.7. The lowest BCUT2D eigenvalue weighted by molar-refractivity contribution is -0.137. The van der Waals surface area contributed by atoms with Crippen LogP contribution in [0.3, 0.4) is 0 Å². The Morgan fingerprint density at radius 1 is 1.07 bits per heavy atom. The molecule has 9 heteroatoms. The van der Waals surface area contributed by atoms with Crippen molar-refractivity contribution in [1.82, 2.24) is 15.5 Å². The number of carbonyl (C=O) groups excluding carboxylic acids is 4. The Morgan fingerprint density at radius 2 is 1.83 bits per heavy atom. The number of para-hydroxylation sites is 1. The van der Waals surface area contributed by atoms with Crippen molar-refractivity contribution in [1.29, 1.82) is 0 Å². The average molecular weight is 427 g/mol. The first-order chi connectivity index (χ1) is 14.4. The van der Waals surface area contributed by atoms with Crippen LogP contribution in [0.2, 0.25) is 5.02 Å². The van der Waals surface area contributed by atoms with Crippen molar-refractivity contribution in [2.75, 3.05) is 5.32 Å². The SMILES string of the molecule is O=C1CCC(N2Cc3ccc(C(=O)NC(=O)Nc4ccccc4Cl)cc3C2)C(=O)N1. The van der Waals surface area contributed by atoms with E-state index in [2.05, 4.69) is 16.0 Å². The largest absolute Gasteiger partial charge is 0.326 e. The number of fused-ring (bicyclic) bond motifs is 1. The van der Waals surface area contributed by atoms with Gasteiger partial charge in [-0.15, -0.1) is 0 Å². The maximum absolute atomic E-state index is 12.5. The summed E-state index contributed by atoms with van der Waals surface area (Å²) in [7, 11) is 0. The van der Waals surface area contributed by atoms with Gasteiger partial charge in [0.15, 0.2) is 0 Å². The van der Waals surface area contributed by atoms with Crippen molar-refractivity contribution in [3.63, 3.8) is 0 Å². The van der Waals surface area contributed by atoms with E-state index in [4.69, 9.17) is 11.6 Å². The minimum Gasteiger partial charge on any atom is -0.306 e. The number of amides is 5. The number of rotatable bonds is 3. The van der Waals surface area contributed by atoms with Gasteiger partial charge in [-0.1, -0.05) is 29.8 Å². The topological polar surface area (TPSA) is 108 Å².